The van der Waals surface area contributed by atoms with Crippen molar-refractivity contribution in [3.63, 3.8) is 0 Å². The zero-order valence-electron chi connectivity index (χ0n) is 15.5. The van der Waals surface area contributed by atoms with Gasteiger partial charge in [-0.2, -0.15) is 28.1 Å². The van der Waals surface area contributed by atoms with Gasteiger partial charge in [-0.05, 0) is 38.1 Å². The van der Waals surface area contributed by atoms with Crippen molar-refractivity contribution >= 4 is 17.6 Å². The summed E-state index contributed by atoms with van der Waals surface area (Å²) in [5.74, 6) is 0.177. The Hall–Kier alpha value is -3.37. The van der Waals surface area contributed by atoms with Gasteiger partial charge >= 0.3 is 6.18 Å². The van der Waals surface area contributed by atoms with Crippen LogP contribution in [0.3, 0.4) is 0 Å². The summed E-state index contributed by atoms with van der Waals surface area (Å²) in [6.07, 6.45) is -3.18. The van der Waals surface area contributed by atoms with E-state index in [9.17, 15) is 17.6 Å². The standard InChI is InChI=1S/C18H17F4N7/c1-10(2)24-16-27-15(13-4-3-5-14(26-13)18(20,21)22)28-17(29-16)25-11-6-7-23-12(8-11)9-19/h3-8,10H,9H2,1-2H3,(H2,23,24,25,27,28,29). The zero-order valence-corrected chi connectivity index (χ0v) is 15.5. The highest BCUT2D eigenvalue weighted by Gasteiger charge is 2.32. The molecule has 0 atom stereocenters. The number of halogens is 4. The Morgan fingerprint density at radius 3 is 2.45 bits per heavy atom. The van der Waals surface area contributed by atoms with Crippen LogP contribution in [0.1, 0.15) is 25.2 Å². The summed E-state index contributed by atoms with van der Waals surface area (Å²) in [5, 5.41) is 5.87. The first-order chi connectivity index (χ1) is 13.7. The molecule has 0 saturated carbocycles. The first kappa shape index (κ1) is 20.4. The van der Waals surface area contributed by atoms with Gasteiger partial charge < -0.3 is 10.6 Å². The Balaban J connectivity index is 2.02. The Bertz CT molecular complexity index is 992. The number of hydrogen-bond donors (Lipinski definition) is 2. The van der Waals surface area contributed by atoms with E-state index >= 15 is 0 Å². The maximum absolute atomic E-state index is 13.0. The molecule has 3 aromatic rings. The second-order valence-corrected chi connectivity index (χ2v) is 6.31. The largest absolute Gasteiger partial charge is 0.433 e. The maximum atomic E-state index is 13.0. The van der Waals surface area contributed by atoms with E-state index in [0.717, 1.165) is 6.07 Å². The molecule has 0 unspecified atom stereocenters. The van der Waals surface area contributed by atoms with Gasteiger partial charge in [0.2, 0.25) is 11.9 Å². The van der Waals surface area contributed by atoms with E-state index in [1.807, 2.05) is 13.8 Å². The fourth-order valence-electron chi connectivity index (χ4n) is 2.34. The first-order valence-corrected chi connectivity index (χ1v) is 8.60. The summed E-state index contributed by atoms with van der Waals surface area (Å²) in [4.78, 5) is 20.0. The van der Waals surface area contributed by atoms with Gasteiger partial charge in [-0.25, -0.2) is 9.37 Å². The molecular formula is C18H17F4N7. The molecule has 0 amide bonds. The van der Waals surface area contributed by atoms with Crippen molar-refractivity contribution in [1.29, 1.82) is 0 Å². The molecule has 3 aromatic heterocycles. The molecule has 152 valence electrons. The molecular weight excluding hydrogens is 390 g/mol. The van der Waals surface area contributed by atoms with Gasteiger partial charge in [0.15, 0.2) is 5.82 Å². The third-order valence-corrected chi connectivity index (χ3v) is 3.53. The lowest BCUT2D eigenvalue weighted by atomic mass is 10.3. The van der Waals surface area contributed by atoms with Crippen LogP contribution in [0, 0.1) is 0 Å². The number of hydrogen-bond acceptors (Lipinski definition) is 7. The molecule has 0 aliphatic carbocycles. The van der Waals surface area contributed by atoms with Gasteiger partial charge in [-0.15, -0.1) is 0 Å². The molecule has 0 aromatic carbocycles. The number of nitrogens with one attached hydrogen (secondary N) is 2. The Morgan fingerprint density at radius 2 is 1.76 bits per heavy atom. The molecule has 0 radical (unpaired) electrons. The van der Waals surface area contributed by atoms with Crippen molar-refractivity contribution in [2.24, 2.45) is 0 Å². The van der Waals surface area contributed by atoms with E-state index in [1.54, 1.807) is 6.07 Å². The van der Waals surface area contributed by atoms with Crippen molar-refractivity contribution in [2.75, 3.05) is 10.6 Å². The molecule has 11 heteroatoms. The van der Waals surface area contributed by atoms with Crippen LogP contribution >= 0.6 is 0 Å². The lowest BCUT2D eigenvalue weighted by Crippen LogP contribution is -2.15. The zero-order chi connectivity index (χ0) is 21.0. The summed E-state index contributed by atoms with van der Waals surface area (Å²) >= 11 is 0. The van der Waals surface area contributed by atoms with Crippen molar-refractivity contribution in [3.05, 3.63) is 47.9 Å². The predicted molar refractivity (Wildman–Crippen MR) is 99.2 cm³/mol. The summed E-state index contributed by atoms with van der Waals surface area (Å²) in [5.41, 5.74) is -0.428. The highest BCUT2D eigenvalue weighted by molar-refractivity contribution is 5.59. The lowest BCUT2D eigenvalue weighted by Gasteiger charge is -2.13. The molecule has 2 N–H and O–H groups in total. The summed E-state index contributed by atoms with van der Waals surface area (Å²) in [6.45, 7) is 2.97. The highest BCUT2D eigenvalue weighted by Crippen LogP contribution is 2.29. The van der Waals surface area contributed by atoms with Crippen molar-refractivity contribution < 1.29 is 17.6 Å². The Kier molecular flexibility index (Phi) is 5.85. The Labute approximate surface area is 163 Å². The van der Waals surface area contributed by atoms with Crippen molar-refractivity contribution in [3.8, 4) is 11.5 Å². The van der Waals surface area contributed by atoms with Crippen LogP contribution in [-0.2, 0) is 12.9 Å². The second kappa shape index (κ2) is 8.33. The molecule has 0 saturated heterocycles. The lowest BCUT2D eigenvalue weighted by molar-refractivity contribution is -0.141. The van der Waals surface area contributed by atoms with Crippen LogP contribution in [0.5, 0.6) is 0 Å². The first-order valence-electron chi connectivity index (χ1n) is 8.60. The minimum atomic E-state index is -4.59. The molecule has 0 fully saturated rings. The van der Waals surface area contributed by atoms with E-state index in [-0.39, 0.29) is 35.2 Å². The summed E-state index contributed by atoms with van der Waals surface area (Å²) in [6, 6.07) is 6.50. The van der Waals surface area contributed by atoms with Crippen LogP contribution in [0.2, 0.25) is 0 Å². The second-order valence-electron chi connectivity index (χ2n) is 6.31. The van der Waals surface area contributed by atoms with Gasteiger partial charge in [0.25, 0.3) is 0 Å². The van der Waals surface area contributed by atoms with Gasteiger partial charge in [-0.1, -0.05) is 6.07 Å². The number of anilines is 3. The monoisotopic (exact) mass is 407 g/mol. The highest BCUT2D eigenvalue weighted by atomic mass is 19.4. The van der Waals surface area contributed by atoms with E-state index in [2.05, 4.69) is 35.6 Å². The number of pyridine rings is 2. The van der Waals surface area contributed by atoms with Gasteiger partial charge in [0, 0.05) is 17.9 Å². The van der Waals surface area contributed by atoms with Gasteiger partial charge in [-0.3, -0.25) is 4.98 Å². The molecule has 3 heterocycles. The van der Waals surface area contributed by atoms with Crippen molar-refractivity contribution in [2.45, 2.75) is 32.7 Å². The molecule has 29 heavy (non-hydrogen) atoms. The minimum absolute atomic E-state index is 0.0355. The van der Waals surface area contributed by atoms with Crippen LogP contribution in [0.25, 0.3) is 11.5 Å². The van der Waals surface area contributed by atoms with Gasteiger partial charge in [0.1, 0.15) is 18.1 Å². The van der Waals surface area contributed by atoms with Crippen LogP contribution < -0.4 is 10.6 Å². The average molecular weight is 407 g/mol. The van der Waals surface area contributed by atoms with Gasteiger partial charge in [0.05, 0.1) is 5.69 Å². The maximum Gasteiger partial charge on any atom is 0.433 e. The smallest absolute Gasteiger partial charge is 0.352 e. The number of rotatable bonds is 6. The normalized spacial score (nSPS) is 11.6. The molecule has 0 spiro atoms. The predicted octanol–water partition coefficient (Wildman–Crippen LogP) is 4.38. The number of aromatic nitrogens is 5. The molecule has 0 aliphatic heterocycles. The van der Waals surface area contributed by atoms with Crippen molar-refractivity contribution in [1.82, 2.24) is 24.9 Å². The molecule has 3 rings (SSSR count). The fraction of sp³-hybridized carbons (Fsp3) is 0.278. The SMILES string of the molecule is CC(C)Nc1nc(Nc2ccnc(CF)c2)nc(-c2cccc(C(F)(F)F)n2)n1. The van der Waals surface area contributed by atoms with E-state index in [0.29, 0.717) is 5.69 Å². The fourth-order valence-corrected chi connectivity index (χ4v) is 2.34. The topological polar surface area (TPSA) is 88.5 Å². The molecule has 0 bridgehead atoms. The Morgan fingerprint density at radius 1 is 1.00 bits per heavy atom. The quantitative estimate of drug-likeness (QED) is 0.586. The van der Waals surface area contributed by atoms with E-state index in [1.165, 1.54) is 24.4 Å². The van der Waals surface area contributed by atoms with Crippen LogP contribution in [-0.4, -0.2) is 31.0 Å². The number of nitrogens with zero attached hydrogens (tertiary/aromatic N) is 5. The summed E-state index contributed by atoms with van der Waals surface area (Å²) in [7, 11) is 0. The molecule has 7 nitrogen and oxygen atoms in total. The minimum Gasteiger partial charge on any atom is -0.352 e. The summed E-state index contributed by atoms with van der Waals surface area (Å²) < 4.78 is 51.8. The third kappa shape index (κ3) is 5.33. The van der Waals surface area contributed by atoms with Crippen LogP contribution in [0.15, 0.2) is 36.5 Å². The van der Waals surface area contributed by atoms with E-state index in [4.69, 9.17) is 0 Å². The van der Waals surface area contributed by atoms with E-state index < -0.39 is 18.5 Å². The molecule has 0 aliphatic rings. The van der Waals surface area contributed by atoms with Crippen LogP contribution in [0.4, 0.5) is 35.1 Å². The number of alkyl halides is 4. The third-order valence-electron chi connectivity index (χ3n) is 3.53. The average Bonchev–Trinajstić information content (AvgIpc) is 2.67.